The number of amides is 2. The van der Waals surface area contributed by atoms with Crippen LogP contribution in [0, 0.1) is 11.8 Å². The van der Waals surface area contributed by atoms with Gasteiger partial charge in [0.1, 0.15) is 6.61 Å². The zero-order valence-corrected chi connectivity index (χ0v) is 19.0. The van der Waals surface area contributed by atoms with E-state index in [1.165, 1.54) is 23.1 Å². The van der Waals surface area contributed by atoms with Gasteiger partial charge in [-0.15, -0.1) is 0 Å². The highest BCUT2D eigenvalue weighted by molar-refractivity contribution is 5.89. The Morgan fingerprint density at radius 2 is 1.76 bits per heavy atom. The van der Waals surface area contributed by atoms with Crippen LogP contribution in [0.15, 0.2) is 48.5 Å². The second-order valence-electron chi connectivity index (χ2n) is 9.35. The molecule has 1 heterocycles. The van der Waals surface area contributed by atoms with Gasteiger partial charge in [-0.05, 0) is 34.6 Å². The average molecular weight is 465 g/mol. The smallest absolute Gasteiger partial charge is 0.407 e. The van der Waals surface area contributed by atoms with Crippen LogP contribution in [0.1, 0.15) is 29.9 Å². The highest BCUT2D eigenvalue weighted by Crippen LogP contribution is 2.44. The van der Waals surface area contributed by atoms with Gasteiger partial charge in [0.15, 0.2) is 5.54 Å². The summed E-state index contributed by atoms with van der Waals surface area (Å²) in [6, 6.07) is 16.3. The van der Waals surface area contributed by atoms with E-state index in [0.717, 1.165) is 11.1 Å². The minimum Gasteiger partial charge on any atom is -0.479 e. The number of benzene rings is 2. The molecule has 3 aliphatic rings. The van der Waals surface area contributed by atoms with Gasteiger partial charge in [0.2, 0.25) is 5.91 Å². The molecule has 8 nitrogen and oxygen atoms in total. The van der Waals surface area contributed by atoms with Gasteiger partial charge >= 0.3 is 12.1 Å². The molecule has 1 saturated carbocycles. The number of fused-ring (bicyclic) bond motifs is 3. The van der Waals surface area contributed by atoms with E-state index in [-0.39, 0.29) is 43.3 Å². The molecule has 0 radical (unpaired) electrons. The molecule has 2 fully saturated rings. The fraction of sp³-hybridized carbons (Fsp3) is 0.423. The van der Waals surface area contributed by atoms with Crippen molar-refractivity contribution in [2.24, 2.45) is 11.8 Å². The Kier molecular flexibility index (Phi) is 5.77. The normalized spacial score (nSPS) is 24.7. The molecule has 1 aliphatic heterocycles. The van der Waals surface area contributed by atoms with Gasteiger partial charge < -0.3 is 24.8 Å². The summed E-state index contributed by atoms with van der Waals surface area (Å²) in [7, 11) is 1.53. The van der Waals surface area contributed by atoms with E-state index in [1.807, 2.05) is 24.3 Å². The number of carboxylic acids is 1. The Labute approximate surface area is 197 Å². The van der Waals surface area contributed by atoms with Crippen molar-refractivity contribution >= 4 is 18.0 Å². The van der Waals surface area contributed by atoms with Gasteiger partial charge in [-0.25, -0.2) is 9.59 Å². The first-order valence-corrected chi connectivity index (χ1v) is 11.6. The third kappa shape index (κ3) is 3.81. The molecule has 2 aromatic rings. The molecule has 0 bridgehead atoms. The molecule has 2 aromatic carbocycles. The van der Waals surface area contributed by atoms with Crippen LogP contribution >= 0.6 is 0 Å². The van der Waals surface area contributed by atoms with Crippen LogP contribution in [0.2, 0.25) is 0 Å². The standard InChI is InChI=1S/C26H28N2O6/c1-28(26(24(30)31)10-11-33-15-26)23(29)21-12-16(21)13-27-25(32)34-14-22-19-8-4-2-6-17(19)18-7-3-5-9-20(18)22/h2-9,16,21-22H,10-15H2,1H3,(H,27,32)(H,30,31)/t16-,21-,26?/m1/s1. The van der Waals surface area contributed by atoms with Gasteiger partial charge in [0.25, 0.3) is 0 Å². The van der Waals surface area contributed by atoms with Crippen LogP contribution in [0.3, 0.4) is 0 Å². The van der Waals surface area contributed by atoms with Crippen molar-refractivity contribution in [1.82, 2.24) is 10.2 Å². The summed E-state index contributed by atoms with van der Waals surface area (Å²) in [6.07, 6.45) is 0.378. The fourth-order valence-electron chi connectivity index (χ4n) is 5.23. The molecule has 1 saturated heterocycles. The molecular weight excluding hydrogens is 436 g/mol. The Morgan fingerprint density at radius 3 is 2.35 bits per heavy atom. The van der Waals surface area contributed by atoms with Crippen molar-refractivity contribution in [2.75, 3.05) is 33.4 Å². The number of nitrogens with one attached hydrogen (secondary N) is 1. The Balaban J connectivity index is 1.13. The molecule has 1 unspecified atom stereocenters. The molecule has 0 aromatic heterocycles. The average Bonchev–Trinajstić information content (AvgIpc) is 3.31. The summed E-state index contributed by atoms with van der Waals surface area (Å²) < 4.78 is 10.8. The summed E-state index contributed by atoms with van der Waals surface area (Å²) >= 11 is 0. The summed E-state index contributed by atoms with van der Waals surface area (Å²) in [4.78, 5) is 38.4. The monoisotopic (exact) mass is 464 g/mol. The number of hydrogen-bond acceptors (Lipinski definition) is 5. The van der Waals surface area contributed by atoms with E-state index >= 15 is 0 Å². The lowest BCUT2D eigenvalue weighted by atomic mass is 9.96. The van der Waals surface area contributed by atoms with Crippen molar-refractivity contribution in [3.8, 4) is 11.1 Å². The highest BCUT2D eigenvalue weighted by atomic mass is 16.5. The van der Waals surface area contributed by atoms with Crippen LogP contribution in [0.25, 0.3) is 11.1 Å². The third-order valence-electron chi connectivity index (χ3n) is 7.46. The molecular formula is C26H28N2O6. The van der Waals surface area contributed by atoms with E-state index in [9.17, 15) is 19.5 Å². The fourth-order valence-corrected chi connectivity index (χ4v) is 5.23. The van der Waals surface area contributed by atoms with E-state index in [1.54, 1.807) is 0 Å². The van der Waals surface area contributed by atoms with Crippen molar-refractivity contribution in [3.05, 3.63) is 59.7 Å². The van der Waals surface area contributed by atoms with Crippen LogP contribution in [-0.4, -0.2) is 66.9 Å². The molecule has 3 atom stereocenters. The van der Waals surface area contributed by atoms with Crippen molar-refractivity contribution in [1.29, 1.82) is 0 Å². The minimum atomic E-state index is -1.30. The number of ether oxygens (including phenoxy) is 2. The summed E-state index contributed by atoms with van der Waals surface area (Å²) in [5, 5.41) is 12.4. The maximum atomic E-state index is 12.9. The second-order valence-corrected chi connectivity index (χ2v) is 9.35. The predicted molar refractivity (Wildman–Crippen MR) is 123 cm³/mol. The summed E-state index contributed by atoms with van der Waals surface area (Å²) in [5.74, 6) is -1.59. The Bertz CT molecular complexity index is 1080. The molecule has 2 amide bonds. The second kappa shape index (κ2) is 8.76. The zero-order valence-electron chi connectivity index (χ0n) is 19.0. The quantitative estimate of drug-likeness (QED) is 0.653. The van der Waals surface area contributed by atoms with Gasteiger partial charge in [0, 0.05) is 38.5 Å². The van der Waals surface area contributed by atoms with Crippen LogP contribution in [0.4, 0.5) is 4.79 Å². The molecule has 8 heteroatoms. The number of alkyl carbamates (subject to hydrolysis) is 1. The minimum absolute atomic E-state index is 0.0000399. The van der Waals surface area contributed by atoms with Gasteiger partial charge in [-0.3, -0.25) is 4.79 Å². The largest absolute Gasteiger partial charge is 0.479 e. The maximum absolute atomic E-state index is 12.9. The van der Waals surface area contributed by atoms with Crippen LogP contribution in [-0.2, 0) is 19.1 Å². The Morgan fingerprint density at radius 1 is 1.12 bits per heavy atom. The van der Waals surface area contributed by atoms with Crippen LogP contribution in [0.5, 0.6) is 0 Å². The number of carbonyl (C=O) groups is 3. The number of hydrogen-bond donors (Lipinski definition) is 2. The molecule has 2 aliphatic carbocycles. The molecule has 5 rings (SSSR count). The SMILES string of the molecule is CN(C(=O)[C@@H]1C[C@@H]1CNC(=O)OCC1c2ccccc2-c2ccccc21)C1(C(=O)O)CCOC1. The number of rotatable bonds is 7. The van der Waals surface area contributed by atoms with E-state index in [4.69, 9.17) is 9.47 Å². The van der Waals surface area contributed by atoms with Crippen molar-refractivity contribution in [3.63, 3.8) is 0 Å². The Hall–Kier alpha value is -3.39. The number of likely N-dealkylation sites (N-methyl/N-ethyl adjacent to an activating group) is 1. The topological polar surface area (TPSA) is 105 Å². The van der Waals surface area contributed by atoms with Gasteiger partial charge in [-0.2, -0.15) is 0 Å². The predicted octanol–water partition coefficient (Wildman–Crippen LogP) is 2.86. The lowest BCUT2D eigenvalue weighted by Gasteiger charge is -2.33. The zero-order chi connectivity index (χ0) is 23.9. The first-order chi connectivity index (χ1) is 16.4. The van der Waals surface area contributed by atoms with Gasteiger partial charge in [-0.1, -0.05) is 48.5 Å². The van der Waals surface area contributed by atoms with Crippen LogP contribution < -0.4 is 5.32 Å². The lowest BCUT2D eigenvalue weighted by Crippen LogP contribution is -2.56. The number of nitrogens with zero attached hydrogens (tertiary/aromatic N) is 1. The molecule has 0 spiro atoms. The number of carbonyl (C=O) groups excluding carboxylic acids is 2. The number of aliphatic carboxylic acids is 1. The summed E-state index contributed by atoms with van der Waals surface area (Å²) in [5.41, 5.74) is 3.33. The van der Waals surface area contributed by atoms with E-state index in [2.05, 4.69) is 29.6 Å². The van der Waals surface area contributed by atoms with Crippen molar-refractivity contribution < 1.29 is 29.0 Å². The first-order valence-electron chi connectivity index (χ1n) is 11.6. The number of carboxylic acid groups (broad SMARTS) is 1. The lowest BCUT2D eigenvalue weighted by molar-refractivity contribution is -0.158. The van der Waals surface area contributed by atoms with E-state index in [0.29, 0.717) is 19.6 Å². The molecule has 2 N–H and O–H groups in total. The molecule has 178 valence electrons. The molecule has 34 heavy (non-hydrogen) atoms. The van der Waals surface area contributed by atoms with Crippen molar-refractivity contribution in [2.45, 2.75) is 24.3 Å². The third-order valence-corrected chi connectivity index (χ3v) is 7.46. The first kappa shape index (κ1) is 22.4. The highest BCUT2D eigenvalue weighted by Gasteiger charge is 2.53. The van der Waals surface area contributed by atoms with Gasteiger partial charge in [0.05, 0.1) is 6.61 Å². The summed E-state index contributed by atoms with van der Waals surface area (Å²) in [6.45, 7) is 0.871. The van der Waals surface area contributed by atoms with E-state index < -0.39 is 17.6 Å². The maximum Gasteiger partial charge on any atom is 0.407 e.